The lowest BCUT2D eigenvalue weighted by atomic mass is 10.2. The molecule has 0 aliphatic heterocycles. The van der Waals surface area contributed by atoms with Gasteiger partial charge in [-0.05, 0) is 18.2 Å². The molecule has 0 unspecified atom stereocenters. The minimum Gasteiger partial charge on any atom is -0.508 e. The SMILES string of the molecule is Oc1cccc(C#CSOC(F)(F)F)c1. The van der Waals surface area contributed by atoms with Crippen molar-refractivity contribution in [2.75, 3.05) is 0 Å². The molecule has 15 heavy (non-hydrogen) atoms. The second-order valence-corrected chi connectivity index (χ2v) is 2.93. The van der Waals surface area contributed by atoms with Crippen molar-refractivity contribution in [2.24, 2.45) is 0 Å². The fourth-order valence-electron chi connectivity index (χ4n) is 0.732. The Morgan fingerprint density at radius 1 is 1.33 bits per heavy atom. The Morgan fingerprint density at radius 2 is 2.07 bits per heavy atom. The van der Waals surface area contributed by atoms with Crippen LogP contribution in [0.25, 0.3) is 0 Å². The predicted molar refractivity (Wildman–Crippen MR) is 49.7 cm³/mol. The van der Waals surface area contributed by atoms with Crippen LogP contribution in [0.5, 0.6) is 5.75 Å². The van der Waals surface area contributed by atoms with E-state index in [4.69, 9.17) is 5.11 Å². The monoisotopic (exact) mass is 234 g/mol. The van der Waals surface area contributed by atoms with E-state index in [1.807, 2.05) is 0 Å². The molecule has 2 nitrogen and oxygen atoms in total. The summed E-state index contributed by atoms with van der Waals surface area (Å²) in [7, 11) is 0. The molecule has 1 aromatic carbocycles. The molecular formula is C9H5F3O2S. The normalized spacial score (nSPS) is 10.6. The van der Waals surface area contributed by atoms with Gasteiger partial charge in [0.1, 0.15) is 5.75 Å². The zero-order valence-electron chi connectivity index (χ0n) is 7.21. The number of alkyl halides is 3. The van der Waals surface area contributed by atoms with Crippen LogP contribution in [-0.4, -0.2) is 11.5 Å². The molecular weight excluding hydrogens is 229 g/mol. The summed E-state index contributed by atoms with van der Waals surface area (Å²) in [5, 5.41) is 11.1. The molecule has 1 aromatic rings. The molecule has 0 heterocycles. The maximum Gasteiger partial charge on any atom is 0.534 e. The van der Waals surface area contributed by atoms with Gasteiger partial charge in [-0.1, -0.05) is 12.0 Å². The van der Waals surface area contributed by atoms with Gasteiger partial charge in [0.05, 0.1) is 12.0 Å². The molecule has 1 rings (SSSR count). The van der Waals surface area contributed by atoms with Gasteiger partial charge in [-0.25, -0.2) is 4.18 Å². The van der Waals surface area contributed by atoms with E-state index in [-0.39, 0.29) is 17.8 Å². The molecule has 0 saturated heterocycles. The van der Waals surface area contributed by atoms with Crippen LogP contribution < -0.4 is 0 Å². The number of aromatic hydroxyl groups is 1. The van der Waals surface area contributed by atoms with Crippen molar-refractivity contribution >= 4 is 12.0 Å². The number of benzene rings is 1. The minimum atomic E-state index is -4.70. The number of hydrogen-bond donors (Lipinski definition) is 1. The molecule has 0 bridgehead atoms. The maximum absolute atomic E-state index is 11.5. The van der Waals surface area contributed by atoms with E-state index in [0.717, 1.165) is 0 Å². The van der Waals surface area contributed by atoms with Gasteiger partial charge in [-0.3, -0.25) is 0 Å². The van der Waals surface area contributed by atoms with Crippen LogP contribution in [0, 0.1) is 11.2 Å². The Hall–Kier alpha value is -1.32. The van der Waals surface area contributed by atoms with Crippen LogP contribution in [0.2, 0.25) is 0 Å². The number of phenols is 1. The lowest BCUT2D eigenvalue weighted by Crippen LogP contribution is -2.06. The van der Waals surface area contributed by atoms with Crippen LogP contribution in [0.1, 0.15) is 5.56 Å². The van der Waals surface area contributed by atoms with Crippen LogP contribution in [0.4, 0.5) is 13.2 Å². The minimum absolute atomic E-state index is 0.00328. The number of rotatable bonds is 1. The summed E-state index contributed by atoms with van der Waals surface area (Å²) >= 11 is -0.00686. The smallest absolute Gasteiger partial charge is 0.508 e. The fraction of sp³-hybridized carbons (Fsp3) is 0.111. The fourth-order valence-corrected chi connectivity index (χ4v) is 1.03. The first-order valence-corrected chi connectivity index (χ1v) is 4.43. The molecule has 0 fully saturated rings. The first-order chi connectivity index (χ1) is 6.97. The lowest BCUT2D eigenvalue weighted by molar-refractivity contribution is -0.266. The second-order valence-electron chi connectivity index (χ2n) is 2.39. The number of phenolic OH excluding ortho intramolecular Hbond substituents is 1. The summed E-state index contributed by atoms with van der Waals surface area (Å²) in [5.41, 5.74) is 0.410. The molecule has 0 spiro atoms. The highest BCUT2D eigenvalue weighted by Crippen LogP contribution is 2.22. The summed E-state index contributed by atoms with van der Waals surface area (Å²) in [6.45, 7) is 0. The van der Waals surface area contributed by atoms with Crippen molar-refractivity contribution in [3.63, 3.8) is 0 Å². The molecule has 0 radical (unpaired) electrons. The van der Waals surface area contributed by atoms with Gasteiger partial charge in [0.15, 0.2) is 0 Å². The van der Waals surface area contributed by atoms with Crippen molar-refractivity contribution in [3.05, 3.63) is 29.8 Å². The summed E-state index contributed by atoms with van der Waals surface area (Å²) in [5.74, 6) is 2.39. The van der Waals surface area contributed by atoms with Gasteiger partial charge in [-0.2, -0.15) is 0 Å². The number of hydrogen-bond acceptors (Lipinski definition) is 3. The molecule has 0 atom stereocenters. The van der Waals surface area contributed by atoms with Gasteiger partial charge in [0.25, 0.3) is 0 Å². The zero-order valence-corrected chi connectivity index (χ0v) is 8.02. The molecule has 0 saturated carbocycles. The average Bonchev–Trinajstić information content (AvgIpc) is 2.11. The van der Waals surface area contributed by atoms with E-state index in [9.17, 15) is 13.2 Å². The highest BCUT2D eigenvalue weighted by Gasteiger charge is 2.29. The Bertz CT molecular complexity index is 392. The molecule has 80 valence electrons. The third-order valence-corrected chi connectivity index (χ3v) is 1.68. The highest BCUT2D eigenvalue weighted by molar-refractivity contribution is 7.99. The molecule has 1 N–H and O–H groups in total. The topological polar surface area (TPSA) is 29.5 Å². The molecule has 0 aromatic heterocycles. The Kier molecular flexibility index (Phi) is 3.88. The van der Waals surface area contributed by atoms with Gasteiger partial charge >= 0.3 is 6.36 Å². The first kappa shape index (κ1) is 11.8. The lowest BCUT2D eigenvalue weighted by Gasteiger charge is -1.99. The molecule has 0 amide bonds. The van der Waals surface area contributed by atoms with Crippen LogP contribution in [-0.2, 0) is 4.18 Å². The number of halogens is 3. The largest absolute Gasteiger partial charge is 0.534 e. The van der Waals surface area contributed by atoms with E-state index in [1.54, 1.807) is 6.07 Å². The van der Waals surface area contributed by atoms with Crippen molar-refractivity contribution in [1.82, 2.24) is 0 Å². The van der Waals surface area contributed by atoms with Crippen LogP contribution >= 0.6 is 12.0 Å². The average molecular weight is 234 g/mol. The van der Waals surface area contributed by atoms with E-state index < -0.39 is 6.36 Å². The van der Waals surface area contributed by atoms with E-state index >= 15 is 0 Å². The summed E-state index contributed by atoms with van der Waals surface area (Å²) in [6.07, 6.45) is -4.70. The van der Waals surface area contributed by atoms with Crippen molar-refractivity contribution in [1.29, 1.82) is 0 Å². The quantitative estimate of drug-likeness (QED) is 0.598. The van der Waals surface area contributed by atoms with E-state index in [2.05, 4.69) is 15.4 Å². The Morgan fingerprint density at radius 3 is 2.67 bits per heavy atom. The Labute approximate surface area is 88.3 Å². The molecule has 0 aliphatic rings. The summed E-state index contributed by atoms with van der Waals surface area (Å²) in [6, 6.07) is 5.86. The summed E-state index contributed by atoms with van der Waals surface area (Å²) < 4.78 is 37.8. The van der Waals surface area contributed by atoms with Gasteiger partial charge in [-0.15, -0.1) is 13.2 Å². The third-order valence-electron chi connectivity index (χ3n) is 1.22. The van der Waals surface area contributed by atoms with Crippen LogP contribution in [0.15, 0.2) is 24.3 Å². The van der Waals surface area contributed by atoms with Gasteiger partial charge in [0, 0.05) is 10.8 Å². The van der Waals surface area contributed by atoms with Crippen molar-refractivity contribution in [3.8, 4) is 16.9 Å². The van der Waals surface area contributed by atoms with Crippen LogP contribution in [0.3, 0.4) is 0 Å². The van der Waals surface area contributed by atoms with E-state index in [1.165, 1.54) is 18.2 Å². The third kappa shape index (κ3) is 5.20. The molecule has 6 heteroatoms. The molecule has 0 aliphatic carbocycles. The second kappa shape index (κ2) is 4.96. The van der Waals surface area contributed by atoms with Crippen molar-refractivity contribution < 1.29 is 22.5 Å². The summed E-state index contributed by atoms with van der Waals surface area (Å²) in [4.78, 5) is 0. The maximum atomic E-state index is 11.5. The predicted octanol–water partition coefficient (Wildman–Crippen LogP) is 2.89. The van der Waals surface area contributed by atoms with Crippen molar-refractivity contribution in [2.45, 2.75) is 6.36 Å². The highest BCUT2D eigenvalue weighted by atomic mass is 32.2. The van der Waals surface area contributed by atoms with E-state index in [0.29, 0.717) is 5.56 Å². The van der Waals surface area contributed by atoms with Gasteiger partial charge in [0.2, 0.25) is 0 Å². The first-order valence-electron chi connectivity index (χ1n) is 3.69. The zero-order chi connectivity index (χ0) is 11.3. The standard InChI is InChI=1S/C9H5F3O2S/c10-9(11,12)14-15-5-4-7-2-1-3-8(13)6-7/h1-3,6,13H. The van der Waals surface area contributed by atoms with Gasteiger partial charge < -0.3 is 5.11 Å². The Balaban J connectivity index is 2.52.